The Hall–Kier alpha value is -2.49. The second-order valence-electron chi connectivity index (χ2n) is 8.45. The molecule has 1 fully saturated rings. The number of likely N-dealkylation sites (tertiary alicyclic amines) is 1. The fourth-order valence-electron chi connectivity index (χ4n) is 4.11. The van der Waals surface area contributed by atoms with Gasteiger partial charge in [-0.1, -0.05) is 87.5 Å². The quantitative estimate of drug-likeness (QED) is 0.602. The van der Waals surface area contributed by atoms with E-state index in [-0.39, 0.29) is 5.78 Å². The van der Waals surface area contributed by atoms with Crippen LogP contribution in [0.4, 0.5) is 0 Å². The Morgan fingerprint density at radius 3 is 2.03 bits per heavy atom. The smallest absolute Gasteiger partial charge is 0.163 e. The first-order chi connectivity index (χ1) is 15.0. The zero-order valence-electron chi connectivity index (χ0n) is 19.1. The largest absolute Gasteiger partial charge is 0.385 e. The van der Waals surface area contributed by atoms with Gasteiger partial charge in [0.15, 0.2) is 5.78 Å². The molecule has 0 bridgehead atoms. The summed E-state index contributed by atoms with van der Waals surface area (Å²) in [4.78, 5) is 15.4. The van der Waals surface area contributed by atoms with Crippen LogP contribution in [0, 0.1) is 5.92 Å². The minimum Gasteiger partial charge on any atom is -0.385 e. The van der Waals surface area contributed by atoms with Gasteiger partial charge in [0.05, 0.1) is 11.5 Å². The predicted octanol–water partition coefficient (Wildman–Crippen LogP) is 5.18. The van der Waals surface area contributed by atoms with Crippen molar-refractivity contribution in [2.75, 3.05) is 19.6 Å². The maximum atomic E-state index is 13.2. The normalized spacial score (nSPS) is 22.4. The van der Waals surface area contributed by atoms with E-state index in [1.807, 2.05) is 30.4 Å². The van der Waals surface area contributed by atoms with Crippen molar-refractivity contribution < 1.29 is 9.90 Å². The van der Waals surface area contributed by atoms with Gasteiger partial charge >= 0.3 is 0 Å². The van der Waals surface area contributed by atoms with E-state index in [1.54, 1.807) is 6.08 Å². The summed E-state index contributed by atoms with van der Waals surface area (Å²) in [6.45, 7) is 8.61. The van der Waals surface area contributed by atoms with E-state index in [4.69, 9.17) is 0 Å². The number of piperidine rings is 1. The Morgan fingerprint density at radius 1 is 0.968 bits per heavy atom. The zero-order valence-corrected chi connectivity index (χ0v) is 19.1. The molecule has 0 unspecified atom stereocenters. The summed E-state index contributed by atoms with van der Waals surface area (Å²) in [6, 6.07) is 16.6. The number of carbonyl (C=O) groups excluding carboxylic acids is 1. The van der Waals surface area contributed by atoms with E-state index in [2.05, 4.69) is 62.1 Å². The summed E-state index contributed by atoms with van der Waals surface area (Å²) in [6.07, 6.45) is 9.85. The Kier molecular flexibility index (Phi) is 8.00. The lowest BCUT2D eigenvalue weighted by Crippen LogP contribution is -2.53. The first kappa shape index (κ1) is 23.2. The van der Waals surface area contributed by atoms with Crippen molar-refractivity contribution >= 4 is 17.9 Å². The Labute approximate surface area is 187 Å². The highest BCUT2D eigenvalue weighted by molar-refractivity contribution is 5.96. The summed E-state index contributed by atoms with van der Waals surface area (Å²) in [5.74, 6) is -0.496. The molecule has 2 atom stereocenters. The first-order valence-corrected chi connectivity index (χ1v) is 11.5. The van der Waals surface area contributed by atoms with Crippen LogP contribution in [-0.2, 0) is 17.6 Å². The second kappa shape index (κ2) is 10.7. The van der Waals surface area contributed by atoms with Crippen molar-refractivity contribution in [2.45, 2.75) is 45.6 Å². The molecule has 3 nitrogen and oxygen atoms in total. The number of aryl methyl sites for hydroxylation is 2. The van der Waals surface area contributed by atoms with Gasteiger partial charge < -0.3 is 10.0 Å². The van der Waals surface area contributed by atoms with E-state index in [0.29, 0.717) is 13.0 Å². The monoisotopic (exact) mass is 417 g/mol. The molecular weight excluding hydrogens is 382 g/mol. The van der Waals surface area contributed by atoms with Crippen LogP contribution in [0.1, 0.15) is 49.4 Å². The minimum atomic E-state index is -1.14. The van der Waals surface area contributed by atoms with Crippen molar-refractivity contribution in [1.82, 2.24) is 4.90 Å². The van der Waals surface area contributed by atoms with Crippen molar-refractivity contribution in [3.05, 3.63) is 82.9 Å². The minimum absolute atomic E-state index is 0.0220. The van der Waals surface area contributed by atoms with Crippen molar-refractivity contribution in [3.8, 4) is 0 Å². The number of hydrogen-bond donors (Lipinski definition) is 1. The van der Waals surface area contributed by atoms with Crippen molar-refractivity contribution in [2.24, 2.45) is 5.92 Å². The van der Waals surface area contributed by atoms with Gasteiger partial charge in [0, 0.05) is 13.1 Å². The average molecular weight is 418 g/mol. The molecule has 3 rings (SSSR count). The van der Waals surface area contributed by atoms with E-state index >= 15 is 0 Å². The predicted molar refractivity (Wildman–Crippen MR) is 130 cm³/mol. The zero-order chi connectivity index (χ0) is 22.3. The maximum absolute atomic E-state index is 13.2. The lowest BCUT2D eigenvalue weighted by atomic mass is 9.77. The van der Waals surface area contributed by atoms with Crippen LogP contribution in [0.3, 0.4) is 0 Å². The fraction of sp³-hybridized carbons (Fsp3) is 0.393. The lowest BCUT2D eigenvalue weighted by molar-refractivity contribution is -0.129. The highest BCUT2D eigenvalue weighted by Crippen LogP contribution is 2.31. The molecule has 0 aromatic heterocycles. The number of allylic oxidation sites excluding steroid dienone is 1. The molecule has 1 saturated heterocycles. The molecule has 2 aromatic carbocycles. The number of carbonyl (C=O) groups is 1. The maximum Gasteiger partial charge on any atom is 0.163 e. The molecule has 2 aromatic rings. The van der Waals surface area contributed by atoms with E-state index < -0.39 is 11.5 Å². The summed E-state index contributed by atoms with van der Waals surface area (Å²) in [5.41, 5.74) is 3.48. The Bertz CT molecular complexity index is 911. The molecule has 0 aliphatic carbocycles. The number of ketones is 1. The third kappa shape index (κ3) is 6.03. The highest BCUT2D eigenvalue weighted by atomic mass is 16.3. The lowest BCUT2D eigenvalue weighted by Gasteiger charge is -2.41. The second-order valence-corrected chi connectivity index (χ2v) is 8.45. The molecule has 0 radical (unpaired) electrons. The molecular formula is C28H35NO2. The molecule has 0 spiro atoms. The van der Waals surface area contributed by atoms with Gasteiger partial charge in [-0.15, -0.1) is 0 Å². The summed E-state index contributed by atoms with van der Waals surface area (Å²) in [5, 5.41) is 11.5. The van der Waals surface area contributed by atoms with Crippen LogP contribution in [-0.4, -0.2) is 41.0 Å². The van der Waals surface area contributed by atoms with Gasteiger partial charge in [-0.3, -0.25) is 4.79 Å². The fourth-order valence-corrected chi connectivity index (χ4v) is 4.11. The molecule has 0 amide bonds. The molecule has 0 saturated carbocycles. The van der Waals surface area contributed by atoms with E-state index in [9.17, 15) is 9.90 Å². The van der Waals surface area contributed by atoms with Crippen LogP contribution in [0.25, 0.3) is 12.2 Å². The highest BCUT2D eigenvalue weighted by Gasteiger charge is 2.42. The molecule has 164 valence electrons. The SMILES string of the molecule is CCc1ccc(/C=C/C(=O)[C@@H]2CN(CC)CC[C@@]2(O)/C=C/c2ccc(CC)cc2)cc1. The van der Waals surface area contributed by atoms with E-state index in [0.717, 1.165) is 37.1 Å². The molecule has 1 heterocycles. The average Bonchev–Trinajstić information content (AvgIpc) is 2.82. The van der Waals surface area contributed by atoms with Crippen LogP contribution < -0.4 is 0 Å². The van der Waals surface area contributed by atoms with Crippen LogP contribution >= 0.6 is 0 Å². The Balaban J connectivity index is 1.78. The standard InChI is InChI=1S/C28H35NO2/c1-4-22-7-11-24(12-8-22)15-16-27(30)26-21-29(6-3)20-19-28(26,31)18-17-25-13-9-23(5-2)10-14-25/h7-18,26,31H,4-6,19-21H2,1-3H3/b16-15+,18-17+/t26-,28-/m0/s1. The summed E-state index contributed by atoms with van der Waals surface area (Å²) >= 11 is 0. The molecule has 1 aliphatic heterocycles. The van der Waals surface area contributed by atoms with Gasteiger partial charge in [0.2, 0.25) is 0 Å². The number of rotatable bonds is 8. The van der Waals surface area contributed by atoms with Gasteiger partial charge in [-0.05, 0) is 54.1 Å². The van der Waals surface area contributed by atoms with Gasteiger partial charge in [0.25, 0.3) is 0 Å². The van der Waals surface area contributed by atoms with Crippen LogP contribution in [0.5, 0.6) is 0 Å². The van der Waals surface area contributed by atoms with Gasteiger partial charge in [0.1, 0.15) is 0 Å². The Morgan fingerprint density at radius 2 is 1.52 bits per heavy atom. The van der Waals surface area contributed by atoms with Gasteiger partial charge in [-0.2, -0.15) is 0 Å². The van der Waals surface area contributed by atoms with Crippen molar-refractivity contribution in [1.29, 1.82) is 0 Å². The van der Waals surface area contributed by atoms with Gasteiger partial charge in [-0.25, -0.2) is 0 Å². The molecule has 1 N–H and O–H groups in total. The number of aliphatic hydroxyl groups is 1. The third-order valence-electron chi connectivity index (χ3n) is 6.44. The molecule has 1 aliphatic rings. The molecule has 3 heteroatoms. The summed E-state index contributed by atoms with van der Waals surface area (Å²) < 4.78 is 0. The number of nitrogens with zero attached hydrogens (tertiary/aromatic N) is 1. The van der Waals surface area contributed by atoms with E-state index in [1.165, 1.54) is 11.1 Å². The number of hydrogen-bond acceptors (Lipinski definition) is 3. The van der Waals surface area contributed by atoms with Crippen LogP contribution in [0.15, 0.2) is 60.7 Å². The van der Waals surface area contributed by atoms with Crippen molar-refractivity contribution in [3.63, 3.8) is 0 Å². The van der Waals surface area contributed by atoms with Crippen LogP contribution in [0.2, 0.25) is 0 Å². The summed E-state index contributed by atoms with van der Waals surface area (Å²) in [7, 11) is 0. The number of benzene rings is 2. The molecule has 31 heavy (non-hydrogen) atoms. The third-order valence-corrected chi connectivity index (χ3v) is 6.44. The topological polar surface area (TPSA) is 40.5 Å². The first-order valence-electron chi connectivity index (χ1n) is 11.5.